The molecule has 0 spiro atoms. The van der Waals surface area contributed by atoms with Gasteiger partial charge in [0.05, 0.1) is 0 Å². The smallest absolute Gasteiger partial charge is 0.119 e. The van der Waals surface area contributed by atoms with E-state index in [4.69, 9.17) is 0 Å². The molecule has 1 aromatic rings. The van der Waals surface area contributed by atoms with Crippen molar-refractivity contribution in [1.29, 1.82) is 0 Å². The van der Waals surface area contributed by atoms with Crippen molar-refractivity contribution in [3.05, 3.63) is 29.3 Å². The van der Waals surface area contributed by atoms with Gasteiger partial charge in [-0.1, -0.05) is 12.1 Å². The van der Waals surface area contributed by atoms with Gasteiger partial charge in [0.1, 0.15) is 5.75 Å². The van der Waals surface area contributed by atoms with E-state index in [0.29, 0.717) is 11.7 Å². The minimum Gasteiger partial charge on any atom is -0.508 e. The van der Waals surface area contributed by atoms with Crippen LogP contribution in [0, 0.1) is 6.92 Å². The molecule has 1 aromatic carbocycles. The maximum atomic E-state index is 9.72. The molecule has 70 valence electrons. The Hall–Kier alpha value is -1.02. The summed E-state index contributed by atoms with van der Waals surface area (Å²) in [6.07, 6.45) is 1.14. The zero-order valence-corrected chi connectivity index (χ0v) is 7.88. The first kappa shape index (κ1) is 8.57. The number of hydrogen-bond donors (Lipinski definition) is 2. The molecule has 1 fully saturated rings. The van der Waals surface area contributed by atoms with Gasteiger partial charge >= 0.3 is 0 Å². The molecule has 1 atom stereocenters. The Morgan fingerprint density at radius 3 is 2.92 bits per heavy atom. The molecule has 0 aromatic heterocycles. The SMILES string of the molecule is Cc1ccc([C@@H]2CCNC2)c(O)c1. The quantitative estimate of drug-likeness (QED) is 0.685. The fourth-order valence-corrected chi connectivity index (χ4v) is 1.92. The van der Waals surface area contributed by atoms with Crippen LogP contribution in [0.5, 0.6) is 5.75 Å². The molecular formula is C11H15NO. The first-order chi connectivity index (χ1) is 6.27. The van der Waals surface area contributed by atoms with Gasteiger partial charge in [-0.2, -0.15) is 0 Å². The maximum absolute atomic E-state index is 9.72. The zero-order chi connectivity index (χ0) is 9.26. The highest BCUT2D eigenvalue weighted by molar-refractivity contribution is 5.38. The monoisotopic (exact) mass is 177 g/mol. The number of aryl methyl sites for hydroxylation is 1. The van der Waals surface area contributed by atoms with E-state index in [1.165, 1.54) is 0 Å². The third-order valence-corrected chi connectivity index (χ3v) is 2.69. The maximum Gasteiger partial charge on any atom is 0.119 e. The summed E-state index contributed by atoms with van der Waals surface area (Å²) in [5.41, 5.74) is 2.21. The third kappa shape index (κ3) is 1.68. The lowest BCUT2D eigenvalue weighted by atomic mass is 9.96. The lowest BCUT2D eigenvalue weighted by Crippen LogP contribution is -2.08. The van der Waals surface area contributed by atoms with Gasteiger partial charge in [-0.15, -0.1) is 0 Å². The molecule has 2 rings (SSSR count). The van der Waals surface area contributed by atoms with Crippen LogP contribution in [-0.4, -0.2) is 18.2 Å². The second kappa shape index (κ2) is 3.38. The van der Waals surface area contributed by atoms with E-state index in [0.717, 1.165) is 30.6 Å². The van der Waals surface area contributed by atoms with Crippen molar-refractivity contribution >= 4 is 0 Å². The van der Waals surface area contributed by atoms with Crippen molar-refractivity contribution in [3.8, 4) is 5.75 Å². The van der Waals surface area contributed by atoms with Crippen molar-refractivity contribution in [2.75, 3.05) is 13.1 Å². The van der Waals surface area contributed by atoms with Crippen LogP contribution in [0.1, 0.15) is 23.5 Å². The normalized spacial score (nSPS) is 22.1. The van der Waals surface area contributed by atoms with Crippen molar-refractivity contribution in [2.24, 2.45) is 0 Å². The van der Waals surface area contributed by atoms with Gasteiger partial charge in [0, 0.05) is 12.5 Å². The van der Waals surface area contributed by atoms with Crippen LogP contribution in [-0.2, 0) is 0 Å². The summed E-state index contributed by atoms with van der Waals surface area (Å²) in [7, 11) is 0. The average molecular weight is 177 g/mol. The number of phenols is 1. The number of hydrogen-bond acceptors (Lipinski definition) is 2. The Morgan fingerprint density at radius 1 is 1.46 bits per heavy atom. The van der Waals surface area contributed by atoms with E-state index in [-0.39, 0.29) is 0 Å². The molecule has 0 amide bonds. The summed E-state index contributed by atoms with van der Waals surface area (Å²) in [5.74, 6) is 0.953. The van der Waals surface area contributed by atoms with E-state index in [1.807, 2.05) is 19.1 Å². The molecule has 0 unspecified atom stereocenters. The third-order valence-electron chi connectivity index (χ3n) is 2.69. The van der Waals surface area contributed by atoms with Crippen LogP contribution in [0.4, 0.5) is 0 Å². The summed E-state index contributed by atoms with van der Waals surface area (Å²) < 4.78 is 0. The van der Waals surface area contributed by atoms with E-state index in [2.05, 4.69) is 11.4 Å². The van der Waals surface area contributed by atoms with Gasteiger partial charge < -0.3 is 10.4 Å². The van der Waals surface area contributed by atoms with Gasteiger partial charge in [-0.3, -0.25) is 0 Å². The summed E-state index contributed by atoms with van der Waals surface area (Å²) in [4.78, 5) is 0. The minimum atomic E-state index is 0.453. The fraction of sp³-hybridized carbons (Fsp3) is 0.455. The number of nitrogens with one attached hydrogen (secondary N) is 1. The van der Waals surface area contributed by atoms with Crippen LogP contribution in [0.3, 0.4) is 0 Å². The summed E-state index contributed by atoms with van der Waals surface area (Å²) in [5, 5.41) is 13.0. The van der Waals surface area contributed by atoms with Crippen LogP contribution >= 0.6 is 0 Å². The molecule has 0 saturated carbocycles. The molecule has 2 nitrogen and oxygen atoms in total. The van der Waals surface area contributed by atoms with E-state index in [1.54, 1.807) is 0 Å². The predicted molar refractivity (Wildman–Crippen MR) is 53.1 cm³/mol. The molecule has 2 heteroatoms. The van der Waals surface area contributed by atoms with Gasteiger partial charge in [0.15, 0.2) is 0 Å². The predicted octanol–water partition coefficient (Wildman–Crippen LogP) is 1.78. The first-order valence-corrected chi connectivity index (χ1v) is 4.77. The number of rotatable bonds is 1. The highest BCUT2D eigenvalue weighted by Gasteiger charge is 2.18. The van der Waals surface area contributed by atoms with E-state index < -0.39 is 0 Å². The van der Waals surface area contributed by atoms with Crippen LogP contribution in [0.25, 0.3) is 0 Å². The molecule has 2 N–H and O–H groups in total. The van der Waals surface area contributed by atoms with Gasteiger partial charge in [0.2, 0.25) is 0 Å². The standard InChI is InChI=1S/C11H15NO/c1-8-2-3-10(11(13)6-8)9-4-5-12-7-9/h2-3,6,9,12-13H,4-5,7H2,1H3/t9-/m1/s1. The highest BCUT2D eigenvalue weighted by atomic mass is 16.3. The first-order valence-electron chi connectivity index (χ1n) is 4.77. The molecule has 0 aliphatic carbocycles. The molecule has 1 heterocycles. The highest BCUT2D eigenvalue weighted by Crippen LogP contribution is 2.30. The van der Waals surface area contributed by atoms with Gasteiger partial charge in [-0.05, 0) is 37.1 Å². The largest absolute Gasteiger partial charge is 0.508 e. The fourth-order valence-electron chi connectivity index (χ4n) is 1.92. The molecule has 13 heavy (non-hydrogen) atoms. The number of aromatic hydroxyl groups is 1. The zero-order valence-electron chi connectivity index (χ0n) is 7.88. The minimum absolute atomic E-state index is 0.453. The number of phenolic OH excluding ortho intramolecular Hbond substituents is 1. The second-order valence-corrected chi connectivity index (χ2v) is 3.75. The van der Waals surface area contributed by atoms with Crippen molar-refractivity contribution in [3.63, 3.8) is 0 Å². The Morgan fingerprint density at radius 2 is 2.31 bits per heavy atom. The summed E-state index contributed by atoms with van der Waals surface area (Å²) >= 11 is 0. The van der Waals surface area contributed by atoms with E-state index >= 15 is 0 Å². The van der Waals surface area contributed by atoms with Crippen molar-refractivity contribution in [2.45, 2.75) is 19.3 Å². The Labute approximate surface area is 78.6 Å². The van der Waals surface area contributed by atoms with Crippen LogP contribution in [0.2, 0.25) is 0 Å². The molecule has 0 bridgehead atoms. The molecule has 1 aliphatic heterocycles. The average Bonchev–Trinajstić information content (AvgIpc) is 2.56. The van der Waals surface area contributed by atoms with Crippen molar-refractivity contribution in [1.82, 2.24) is 5.32 Å². The second-order valence-electron chi connectivity index (χ2n) is 3.75. The van der Waals surface area contributed by atoms with Crippen LogP contribution < -0.4 is 5.32 Å². The summed E-state index contributed by atoms with van der Waals surface area (Å²) in [6.45, 7) is 4.06. The lowest BCUT2D eigenvalue weighted by molar-refractivity contribution is 0.462. The van der Waals surface area contributed by atoms with Gasteiger partial charge in [0.25, 0.3) is 0 Å². The number of benzene rings is 1. The van der Waals surface area contributed by atoms with Crippen molar-refractivity contribution < 1.29 is 5.11 Å². The molecule has 1 saturated heterocycles. The topological polar surface area (TPSA) is 32.3 Å². The lowest BCUT2D eigenvalue weighted by Gasteiger charge is -2.11. The molecule has 1 aliphatic rings. The Bertz CT molecular complexity index is 303. The summed E-state index contributed by atoms with van der Waals surface area (Å²) in [6, 6.07) is 5.95. The Balaban J connectivity index is 2.29. The molecule has 0 radical (unpaired) electrons. The molecular weight excluding hydrogens is 162 g/mol. The Kier molecular flexibility index (Phi) is 2.23. The van der Waals surface area contributed by atoms with E-state index in [9.17, 15) is 5.11 Å². The van der Waals surface area contributed by atoms with Gasteiger partial charge in [-0.25, -0.2) is 0 Å². The van der Waals surface area contributed by atoms with Crippen LogP contribution in [0.15, 0.2) is 18.2 Å².